The third-order valence-electron chi connectivity index (χ3n) is 2.26. The lowest BCUT2D eigenvalue weighted by Crippen LogP contribution is -2.14. The molecule has 0 aromatic heterocycles. The number of allylic oxidation sites excluding steroid dienone is 3. The topological polar surface area (TPSA) is 37.3 Å². The van der Waals surface area contributed by atoms with Crippen molar-refractivity contribution in [2.75, 3.05) is 6.16 Å². The van der Waals surface area contributed by atoms with Crippen LogP contribution in [0.15, 0.2) is 48.3 Å². The summed E-state index contributed by atoms with van der Waals surface area (Å²) in [5, 5.41) is 10.0. The predicted molar refractivity (Wildman–Crippen MR) is 63.1 cm³/mol. The van der Waals surface area contributed by atoms with Gasteiger partial charge >= 0.3 is 5.97 Å². The van der Waals surface area contributed by atoms with E-state index in [-0.39, 0.29) is 0 Å². The normalized spacial score (nSPS) is 19.1. The van der Waals surface area contributed by atoms with Crippen molar-refractivity contribution >= 4 is 19.2 Å². The first kappa shape index (κ1) is 10.1. The zero-order valence-corrected chi connectivity index (χ0v) is 9.02. The summed E-state index contributed by atoms with van der Waals surface area (Å²) < 4.78 is 0. The Balaban J connectivity index is 2.39. The van der Waals surface area contributed by atoms with E-state index in [0.29, 0.717) is 5.56 Å². The summed E-state index contributed by atoms with van der Waals surface area (Å²) in [7, 11) is -0.468. The minimum absolute atomic E-state index is 0.434. The summed E-state index contributed by atoms with van der Waals surface area (Å²) in [6.45, 7) is 0. The molecule has 0 fully saturated rings. The predicted octanol–water partition coefficient (Wildman–Crippen LogP) is 2.58. The summed E-state index contributed by atoms with van der Waals surface area (Å²) in [4.78, 5) is 11.0. The van der Waals surface area contributed by atoms with E-state index in [1.165, 1.54) is 0 Å². The van der Waals surface area contributed by atoms with Crippen LogP contribution in [0.5, 0.6) is 0 Å². The average Bonchev–Trinajstić information content (AvgIpc) is 2.30. The van der Waals surface area contributed by atoms with E-state index in [1.807, 2.05) is 24.3 Å². The van der Waals surface area contributed by atoms with Crippen LogP contribution in [0, 0.1) is 0 Å². The molecule has 1 aliphatic rings. The van der Waals surface area contributed by atoms with Crippen molar-refractivity contribution in [2.24, 2.45) is 0 Å². The molecule has 0 amide bonds. The van der Waals surface area contributed by atoms with Gasteiger partial charge in [0.2, 0.25) is 0 Å². The molecule has 1 aliphatic heterocycles. The lowest BCUT2D eigenvalue weighted by molar-refractivity contribution is 0.0698. The highest BCUT2D eigenvalue weighted by Gasteiger charge is 2.15. The van der Waals surface area contributed by atoms with Gasteiger partial charge in [-0.25, -0.2) is 4.79 Å². The maximum Gasteiger partial charge on any atom is 0.336 e. The zero-order valence-electron chi connectivity index (χ0n) is 8.13. The van der Waals surface area contributed by atoms with Crippen LogP contribution >= 0.6 is 7.92 Å². The smallest absolute Gasteiger partial charge is 0.336 e. The Bertz CT molecular complexity index is 435. The second-order valence-corrected chi connectivity index (χ2v) is 5.33. The summed E-state index contributed by atoms with van der Waals surface area (Å²) in [5.41, 5.74) is 0.434. The molecular weight excluding hydrogens is 207 g/mol. The Labute approximate surface area is 89.7 Å². The van der Waals surface area contributed by atoms with Crippen LogP contribution in [0.25, 0.3) is 0 Å². The Hall–Kier alpha value is -1.40. The molecule has 0 spiro atoms. The van der Waals surface area contributed by atoms with Gasteiger partial charge in [-0.15, -0.1) is 0 Å². The van der Waals surface area contributed by atoms with Gasteiger partial charge in [-0.2, -0.15) is 0 Å². The number of aromatic carboxylic acids is 1. The van der Waals surface area contributed by atoms with Gasteiger partial charge in [-0.05, 0) is 25.5 Å². The fourth-order valence-corrected chi connectivity index (χ4v) is 3.44. The lowest BCUT2D eigenvalue weighted by Gasteiger charge is -2.15. The lowest BCUT2D eigenvalue weighted by atomic mass is 10.2. The number of hydrogen-bond donors (Lipinski definition) is 1. The molecule has 1 aromatic carbocycles. The van der Waals surface area contributed by atoms with Gasteiger partial charge in [0, 0.05) is 0 Å². The van der Waals surface area contributed by atoms with Gasteiger partial charge in [-0.3, -0.25) is 0 Å². The molecule has 1 aromatic rings. The van der Waals surface area contributed by atoms with Crippen molar-refractivity contribution in [1.82, 2.24) is 0 Å². The minimum atomic E-state index is -0.837. The first-order chi connectivity index (χ1) is 7.29. The third kappa shape index (κ3) is 2.16. The van der Waals surface area contributed by atoms with Crippen molar-refractivity contribution < 1.29 is 9.90 Å². The fraction of sp³-hybridized carbons (Fsp3) is 0.0833. The summed E-state index contributed by atoms with van der Waals surface area (Å²) >= 11 is 0. The van der Waals surface area contributed by atoms with E-state index in [9.17, 15) is 4.79 Å². The monoisotopic (exact) mass is 218 g/mol. The highest BCUT2D eigenvalue weighted by Crippen LogP contribution is 2.39. The number of hydrogen-bond acceptors (Lipinski definition) is 1. The van der Waals surface area contributed by atoms with Crippen LogP contribution < -0.4 is 5.30 Å². The number of carbonyl (C=O) groups is 1. The maximum atomic E-state index is 11.0. The molecule has 0 radical (unpaired) electrons. The van der Waals surface area contributed by atoms with E-state index in [2.05, 4.69) is 11.9 Å². The van der Waals surface area contributed by atoms with Crippen molar-refractivity contribution in [1.29, 1.82) is 0 Å². The first-order valence-electron chi connectivity index (χ1n) is 4.71. The Morgan fingerprint density at radius 1 is 1.27 bits per heavy atom. The minimum Gasteiger partial charge on any atom is -0.478 e. The molecule has 1 unspecified atom stereocenters. The Kier molecular flexibility index (Phi) is 2.98. The molecule has 1 atom stereocenters. The molecule has 0 bridgehead atoms. The highest BCUT2D eigenvalue weighted by atomic mass is 31.1. The van der Waals surface area contributed by atoms with E-state index >= 15 is 0 Å². The summed E-state index contributed by atoms with van der Waals surface area (Å²) in [6, 6.07) is 7.26. The van der Waals surface area contributed by atoms with Gasteiger partial charge in [0.05, 0.1) is 5.56 Å². The van der Waals surface area contributed by atoms with Gasteiger partial charge in [0.15, 0.2) is 0 Å². The van der Waals surface area contributed by atoms with E-state index in [1.54, 1.807) is 12.1 Å². The van der Waals surface area contributed by atoms with Gasteiger partial charge < -0.3 is 5.11 Å². The number of carboxylic acids is 1. The first-order valence-corrected chi connectivity index (χ1v) is 6.31. The molecule has 0 saturated heterocycles. The van der Waals surface area contributed by atoms with Crippen LogP contribution in [0.3, 0.4) is 0 Å². The number of carboxylic acid groups (broad SMARTS) is 1. The zero-order chi connectivity index (χ0) is 10.7. The average molecular weight is 218 g/mol. The molecule has 2 nitrogen and oxygen atoms in total. The second kappa shape index (κ2) is 4.41. The maximum absolute atomic E-state index is 11.0. The van der Waals surface area contributed by atoms with Crippen molar-refractivity contribution in [3.05, 3.63) is 53.9 Å². The Morgan fingerprint density at radius 3 is 2.73 bits per heavy atom. The fourth-order valence-electron chi connectivity index (χ4n) is 1.55. The van der Waals surface area contributed by atoms with Gasteiger partial charge in [-0.1, -0.05) is 42.2 Å². The van der Waals surface area contributed by atoms with Crippen molar-refractivity contribution in [3.8, 4) is 0 Å². The second-order valence-electron chi connectivity index (χ2n) is 3.24. The molecule has 0 aliphatic carbocycles. The molecule has 0 saturated carbocycles. The van der Waals surface area contributed by atoms with Crippen molar-refractivity contribution in [2.45, 2.75) is 0 Å². The van der Waals surface area contributed by atoms with Crippen LogP contribution in [0.4, 0.5) is 0 Å². The Morgan fingerprint density at radius 2 is 2.07 bits per heavy atom. The molecular formula is C12H11O2P. The molecule has 1 N–H and O–H groups in total. The molecule has 76 valence electrons. The van der Waals surface area contributed by atoms with Crippen LogP contribution in [-0.2, 0) is 0 Å². The van der Waals surface area contributed by atoms with Crippen molar-refractivity contribution in [3.63, 3.8) is 0 Å². The number of rotatable bonds is 2. The van der Waals surface area contributed by atoms with Crippen LogP contribution in [0.2, 0.25) is 0 Å². The molecule has 15 heavy (non-hydrogen) atoms. The summed E-state index contributed by atoms with van der Waals surface area (Å²) in [5.74, 6) is 1.27. The largest absolute Gasteiger partial charge is 0.478 e. The quantitative estimate of drug-likeness (QED) is 0.774. The van der Waals surface area contributed by atoms with E-state index in [0.717, 1.165) is 11.5 Å². The standard InChI is InChI=1S/C12H11O2P/c13-12(14)10-6-2-3-7-11(10)15-8-4-1-5-9-15/h1-8H,9H2,(H,13,14). The van der Waals surface area contributed by atoms with Crippen LogP contribution in [0.1, 0.15) is 10.4 Å². The molecule has 3 heteroatoms. The molecule has 2 rings (SSSR count). The summed E-state index contributed by atoms with van der Waals surface area (Å²) in [6.07, 6.45) is 7.02. The van der Waals surface area contributed by atoms with Gasteiger partial charge in [0.25, 0.3) is 0 Å². The number of benzene rings is 1. The molecule has 1 heterocycles. The SMILES string of the molecule is O=C(O)c1ccccc1P1C=CC=CC1. The van der Waals surface area contributed by atoms with Crippen LogP contribution in [-0.4, -0.2) is 17.2 Å². The van der Waals surface area contributed by atoms with E-state index in [4.69, 9.17) is 5.11 Å². The van der Waals surface area contributed by atoms with E-state index < -0.39 is 13.9 Å². The van der Waals surface area contributed by atoms with Gasteiger partial charge in [0.1, 0.15) is 0 Å². The highest BCUT2D eigenvalue weighted by molar-refractivity contribution is 7.69. The third-order valence-corrected chi connectivity index (χ3v) is 4.40.